The second-order valence-corrected chi connectivity index (χ2v) is 6.48. The quantitative estimate of drug-likeness (QED) is 0.597. The van der Waals surface area contributed by atoms with E-state index in [1.165, 1.54) is 0 Å². The fourth-order valence-corrected chi connectivity index (χ4v) is 1.87. The molecule has 0 unspecified atom stereocenters. The van der Waals surface area contributed by atoms with Gasteiger partial charge in [-0.2, -0.15) is 0 Å². The van der Waals surface area contributed by atoms with Crippen LogP contribution in [0.1, 0.15) is 53.4 Å². The number of hydrogen-bond donors (Lipinski definition) is 2. The molecule has 0 aromatic heterocycles. The molecule has 0 aromatic carbocycles. The van der Waals surface area contributed by atoms with Crippen molar-refractivity contribution in [3.63, 3.8) is 0 Å². The van der Waals surface area contributed by atoms with Crippen molar-refractivity contribution in [3.8, 4) is 0 Å². The molecule has 0 fully saturated rings. The highest BCUT2D eigenvalue weighted by molar-refractivity contribution is 5.75. The van der Waals surface area contributed by atoms with E-state index in [0.717, 1.165) is 32.4 Å². The number of rotatable bonds is 10. The van der Waals surface area contributed by atoms with Gasteiger partial charge in [0.2, 0.25) is 5.91 Å². The number of carbonyl (C=O) groups excluding carboxylic acids is 1. The molecule has 0 aromatic rings. The van der Waals surface area contributed by atoms with Crippen LogP contribution in [0.15, 0.2) is 0 Å². The van der Waals surface area contributed by atoms with Gasteiger partial charge < -0.3 is 16.0 Å². The topological polar surface area (TPSA) is 58.4 Å². The van der Waals surface area contributed by atoms with Gasteiger partial charge in [0.15, 0.2) is 0 Å². The molecule has 4 heteroatoms. The van der Waals surface area contributed by atoms with E-state index in [-0.39, 0.29) is 11.3 Å². The fraction of sp³-hybridized carbons (Fsp3) is 0.933. The van der Waals surface area contributed by atoms with Gasteiger partial charge in [-0.15, -0.1) is 0 Å². The van der Waals surface area contributed by atoms with Crippen molar-refractivity contribution in [2.45, 2.75) is 59.4 Å². The van der Waals surface area contributed by atoms with Crippen LogP contribution in [0.3, 0.4) is 0 Å². The third-order valence-electron chi connectivity index (χ3n) is 3.74. The lowest BCUT2D eigenvalue weighted by molar-refractivity contribution is -0.121. The first kappa shape index (κ1) is 18.4. The summed E-state index contributed by atoms with van der Waals surface area (Å²) in [6.07, 6.45) is 3.49. The van der Waals surface area contributed by atoms with Crippen molar-refractivity contribution in [1.29, 1.82) is 0 Å². The van der Waals surface area contributed by atoms with Crippen LogP contribution in [0, 0.1) is 5.41 Å². The van der Waals surface area contributed by atoms with Gasteiger partial charge in [-0.3, -0.25) is 4.79 Å². The van der Waals surface area contributed by atoms with Gasteiger partial charge >= 0.3 is 0 Å². The van der Waals surface area contributed by atoms with E-state index in [4.69, 9.17) is 5.73 Å². The third kappa shape index (κ3) is 9.91. The van der Waals surface area contributed by atoms with Crippen LogP contribution >= 0.6 is 0 Å². The van der Waals surface area contributed by atoms with Gasteiger partial charge in [0.05, 0.1) is 0 Å². The predicted molar refractivity (Wildman–Crippen MR) is 82.1 cm³/mol. The minimum absolute atomic E-state index is 0.164. The molecular weight excluding hydrogens is 238 g/mol. The van der Waals surface area contributed by atoms with Crippen LogP contribution in [-0.2, 0) is 4.79 Å². The van der Waals surface area contributed by atoms with E-state index in [1.807, 2.05) is 0 Å². The first-order valence-corrected chi connectivity index (χ1v) is 7.45. The molecule has 0 radical (unpaired) electrons. The predicted octanol–water partition coefficient (Wildman–Crippen LogP) is 1.99. The molecule has 0 heterocycles. The fourth-order valence-electron chi connectivity index (χ4n) is 1.87. The molecule has 0 spiro atoms. The van der Waals surface area contributed by atoms with E-state index < -0.39 is 0 Å². The lowest BCUT2D eigenvalue weighted by Gasteiger charge is -2.23. The van der Waals surface area contributed by atoms with Crippen molar-refractivity contribution >= 4 is 5.91 Å². The molecule has 4 nitrogen and oxygen atoms in total. The third-order valence-corrected chi connectivity index (χ3v) is 3.74. The van der Waals surface area contributed by atoms with Gasteiger partial charge in [-0.1, -0.05) is 13.8 Å². The average Bonchev–Trinajstić information content (AvgIpc) is 2.31. The van der Waals surface area contributed by atoms with E-state index in [9.17, 15) is 4.79 Å². The summed E-state index contributed by atoms with van der Waals surface area (Å²) < 4.78 is 0. The largest absolute Gasteiger partial charge is 0.356 e. The van der Waals surface area contributed by atoms with Crippen LogP contribution in [-0.4, -0.2) is 43.5 Å². The maximum Gasteiger partial charge on any atom is 0.220 e. The molecule has 0 aliphatic heterocycles. The Morgan fingerprint density at radius 2 is 1.95 bits per heavy atom. The molecular formula is C15H33N3O. The maximum atomic E-state index is 11.7. The summed E-state index contributed by atoms with van der Waals surface area (Å²) in [6.45, 7) is 11.2. The van der Waals surface area contributed by atoms with Crippen molar-refractivity contribution in [1.82, 2.24) is 10.2 Å². The van der Waals surface area contributed by atoms with E-state index in [2.05, 4.69) is 45.0 Å². The summed E-state index contributed by atoms with van der Waals surface area (Å²) >= 11 is 0. The summed E-state index contributed by atoms with van der Waals surface area (Å²) in [5, 5.41) is 2.99. The molecule has 0 saturated heterocycles. The van der Waals surface area contributed by atoms with Crippen molar-refractivity contribution in [2.24, 2.45) is 11.1 Å². The smallest absolute Gasteiger partial charge is 0.220 e. The normalized spacial score (nSPS) is 12.2. The maximum absolute atomic E-state index is 11.7. The van der Waals surface area contributed by atoms with E-state index >= 15 is 0 Å². The SMILES string of the molecule is CC(C)N(C)CCCNC(=O)CCC(C)(C)CCN. The Hall–Kier alpha value is -0.610. The zero-order valence-electron chi connectivity index (χ0n) is 13.5. The van der Waals surface area contributed by atoms with Gasteiger partial charge in [-0.05, 0) is 58.7 Å². The van der Waals surface area contributed by atoms with Crippen molar-refractivity contribution < 1.29 is 4.79 Å². The molecule has 0 bridgehead atoms. The average molecular weight is 271 g/mol. The highest BCUT2D eigenvalue weighted by Gasteiger charge is 2.18. The zero-order chi connectivity index (χ0) is 14.9. The molecule has 114 valence electrons. The van der Waals surface area contributed by atoms with Crippen molar-refractivity contribution in [3.05, 3.63) is 0 Å². The Morgan fingerprint density at radius 3 is 2.47 bits per heavy atom. The lowest BCUT2D eigenvalue weighted by atomic mass is 9.84. The monoisotopic (exact) mass is 271 g/mol. The van der Waals surface area contributed by atoms with Crippen LogP contribution in [0.2, 0.25) is 0 Å². The Morgan fingerprint density at radius 1 is 1.32 bits per heavy atom. The standard InChI is InChI=1S/C15H33N3O/c1-13(2)18(5)12-6-11-17-14(19)7-8-15(3,4)9-10-16/h13H,6-12,16H2,1-5H3,(H,17,19). The minimum atomic E-state index is 0.164. The molecule has 0 aliphatic rings. The van der Waals surface area contributed by atoms with Crippen LogP contribution in [0.25, 0.3) is 0 Å². The molecule has 19 heavy (non-hydrogen) atoms. The number of amides is 1. The van der Waals surface area contributed by atoms with Crippen molar-refractivity contribution in [2.75, 3.05) is 26.7 Å². The minimum Gasteiger partial charge on any atom is -0.356 e. The summed E-state index contributed by atoms with van der Waals surface area (Å²) in [5.74, 6) is 0.164. The second-order valence-electron chi connectivity index (χ2n) is 6.48. The van der Waals surface area contributed by atoms with Gasteiger partial charge in [0.1, 0.15) is 0 Å². The van der Waals surface area contributed by atoms with Gasteiger partial charge in [-0.25, -0.2) is 0 Å². The Labute approximate surface area is 119 Å². The molecule has 0 rings (SSSR count). The lowest BCUT2D eigenvalue weighted by Crippen LogP contribution is -2.31. The molecule has 0 atom stereocenters. The molecule has 3 N–H and O–H groups in total. The Balaban J connectivity index is 3.65. The van der Waals surface area contributed by atoms with Gasteiger partial charge in [0, 0.05) is 19.0 Å². The van der Waals surface area contributed by atoms with Crippen LogP contribution in [0.4, 0.5) is 0 Å². The number of nitrogens with zero attached hydrogens (tertiary/aromatic N) is 1. The molecule has 1 amide bonds. The van der Waals surface area contributed by atoms with Crippen LogP contribution < -0.4 is 11.1 Å². The Kier molecular flexibility index (Phi) is 9.02. The first-order chi connectivity index (χ1) is 8.78. The second kappa shape index (κ2) is 9.32. The summed E-state index contributed by atoms with van der Waals surface area (Å²) in [7, 11) is 2.11. The number of hydrogen-bond acceptors (Lipinski definition) is 3. The first-order valence-electron chi connectivity index (χ1n) is 7.45. The number of nitrogens with two attached hydrogens (primary N) is 1. The number of carbonyl (C=O) groups is 1. The summed E-state index contributed by atoms with van der Waals surface area (Å²) in [6, 6.07) is 0.563. The summed E-state index contributed by atoms with van der Waals surface area (Å²) in [4.78, 5) is 14.0. The van der Waals surface area contributed by atoms with E-state index in [1.54, 1.807) is 0 Å². The van der Waals surface area contributed by atoms with Crippen LogP contribution in [0.5, 0.6) is 0 Å². The highest BCUT2D eigenvalue weighted by atomic mass is 16.1. The zero-order valence-corrected chi connectivity index (χ0v) is 13.5. The Bertz CT molecular complexity index is 252. The van der Waals surface area contributed by atoms with E-state index in [0.29, 0.717) is 19.0 Å². The summed E-state index contributed by atoms with van der Waals surface area (Å²) in [5.41, 5.74) is 5.74. The highest BCUT2D eigenvalue weighted by Crippen LogP contribution is 2.25. The molecule has 0 aliphatic carbocycles. The number of nitrogens with one attached hydrogen (secondary N) is 1. The molecule has 0 saturated carbocycles. The van der Waals surface area contributed by atoms with Gasteiger partial charge in [0.25, 0.3) is 0 Å².